The lowest BCUT2D eigenvalue weighted by Crippen LogP contribution is -2.46. The number of amides is 1. The van der Waals surface area contributed by atoms with Gasteiger partial charge in [-0.1, -0.05) is 6.92 Å². The maximum Gasteiger partial charge on any atom is 0.326 e. The molecule has 0 spiro atoms. The van der Waals surface area contributed by atoms with E-state index in [9.17, 15) is 14.4 Å². The smallest absolute Gasteiger partial charge is 0.326 e. The minimum Gasteiger partial charge on any atom is -0.480 e. The number of esters is 1. The van der Waals surface area contributed by atoms with Gasteiger partial charge in [0.2, 0.25) is 5.91 Å². The van der Waals surface area contributed by atoms with Crippen LogP contribution in [0.15, 0.2) is 0 Å². The van der Waals surface area contributed by atoms with Gasteiger partial charge in [0.25, 0.3) is 0 Å². The van der Waals surface area contributed by atoms with E-state index in [-0.39, 0.29) is 24.9 Å². The lowest BCUT2D eigenvalue weighted by molar-refractivity contribution is -0.147. The molecule has 0 aliphatic heterocycles. The Hall–Kier alpha value is -1.59. The van der Waals surface area contributed by atoms with Crippen molar-refractivity contribution in [2.45, 2.75) is 39.2 Å². The van der Waals surface area contributed by atoms with E-state index in [4.69, 9.17) is 9.84 Å². The van der Waals surface area contributed by atoms with Crippen molar-refractivity contribution in [1.82, 2.24) is 5.32 Å². The summed E-state index contributed by atoms with van der Waals surface area (Å²) in [6.45, 7) is 3.56. The third-order valence-corrected chi connectivity index (χ3v) is 2.87. The molecule has 0 unspecified atom stereocenters. The number of ether oxygens (including phenoxy) is 1. The molecule has 102 valence electrons. The lowest BCUT2D eigenvalue weighted by Gasteiger charge is -2.20. The van der Waals surface area contributed by atoms with Crippen LogP contribution in [0.3, 0.4) is 0 Å². The van der Waals surface area contributed by atoms with Crippen molar-refractivity contribution in [2.75, 3.05) is 6.61 Å². The van der Waals surface area contributed by atoms with E-state index >= 15 is 0 Å². The number of carbonyl (C=O) groups is 3. The molecule has 1 amide bonds. The van der Waals surface area contributed by atoms with E-state index in [0.717, 1.165) is 12.8 Å². The Morgan fingerprint density at radius 2 is 2.00 bits per heavy atom. The van der Waals surface area contributed by atoms with E-state index in [1.807, 2.05) is 0 Å². The molecule has 0 aromatic heterocycles. The fourth-order valence-corrected chi connectivity index (χ4v) is 1.66. The van der Waals surface area contributed by atoms with Gasteiger partial charge in [0, 0.05) is 5.92 Å². The number of hydrogen-bond donors (Lipinski definition) is 2. The molecule has 0 heterocycles. The zero-order valence-corrected chi connectivity index (χ0v) is 10.6. The number of aliphatic carboxylic acids is 1. The number of carboxylic acids is 1. The average molecular weight is 257 g/mol. The van der Waals surface area contributed by atoms with E-state index in [1.54, 1.807) is 13.8 Å². The number of hydrogen-bond acceptors (Lipinski definition) is 4. The van der Waals surface area contributed by atoms with Gasteiger partial charge in [0.1, 0.15) is 6.04 Å². The maximum atomic E-state index is 11.5. The van der Waals surface area contributed by atoms with Crippen molar-refractivity contribution in [3.05, 3.63) is 0 Å². The lowest BCUT2D eigenvalue weighted by atomic mass is 9.98. The van der Waals surface area contributed by atoms with Gasteiger partial charge in [-0.2, -0.15) is 0 Å². The standard InChI is InChI=1S/C12H19NO5/c1-3-18-9(14)6-7(2)10(12(16)17)13-11(15)8-4-5-8/h7-8,10H,3-6H2,1-2H3,(H,13,15)(H,16,17)/t7-,10+/m0/s1. The summed E-state index contributed by atoms with van der Waals surface area (Å²) in [7, 11) is 0. The van der Waals surface area contributed by atoms with Crippen molar-refractivity contribution in [2.24, 2.45) is 11.8 Å². The summed E-state index contributed by atoms with van der Waals surface area (Å²) in [6, 6.07) is -1.04. The first-order valence-corrected chi connectivity index (χ1v) is 6.14. The molecule has 18 heavy (non-hydrogen) atoms. The monoisotopic (exact) mass is 257 g/mol. The number of carboxylic acid groups (broad SMARTS) is 1. The van der Waals surface area contributed by atoms with Crippen LogP contribution in [-0.4, -0.2) is 35.6 Å². The highest BCUT2D eigenvalue weighted by molar-refractivity contribution is 5.86. The second-order valence-electron chi connectivity index (χ2n) is 4.59. The first-order chi connectivity index (χ1) is 8.45. The Morgan fingerprint density at radius 1 is 1.39 bits per heavy atom. The van der Waals surface area contributed by atoms with Crippen molar-refractivity contribution < 1.29 is 24.2 Å². The summed E-state index contributed by atoms with van der Waals surface area (Å²) < 4.78 is 4.76. The molecule has 0 bridgehead atoms. The van der Waals surface area contributed by atoms with Gasteiger partial charge < -0.3 is 15.2 Å². The van der Waals surface area contributed by atoms with E-state index < -0.39 is 23.9 Å². The summed E-state index contributed by atoms with van der Waals surface area (Å²) in [5, 5.41) is 11.6. The summed E-state index contributed by atoms with van der Waals surface area (Å²) in [6.07, 6.45) is 1.60. The highest BCUT2D eigenvalue weighted by Gasteiger charge is 2.35. The zero-order valence-electron chi connectivity index (χ0n) is 10.6. The van der Waals surface area contributed by atoms with E-state index in [0.29, 0.717) is 0 Å². The van der Waals surface area contributed by atoms with Gasteiger partial charge in [-0.15, -0.1) is 0 Å². The topological polar surface area (TPSA) is 92.7 Å². The van der Waals surface area contributed by atoms with Gasteiger partial charge in [0.05, 0.1) is 13.0 Å². The van der Waals surface area contributed by atoms with Crippen molar-refractivity contribution in [3.63, 3.8) is 0 Å². The SMILES string of the molecule is CCOC(=O)C[C@H](C)[C@@H](NC(=O)C1CC1)C(=O)O. The Bertz CT molecular complexity index is 337. The van der Waals surface area contributed by atoms with Crippen LogP contribution in [0.2, 0.25) is 0 Å². The van der Waals surface area contributed by atoms with Crippen molar-refractivity contribution >= 4 is 17.8 Å². The predicted molar refractivity (Wildman–Crippen MR) is 62.7 cm³/mol. The van der Waals surface area contributed by atoms with Crippen molar-refractivity contribution in [1.29, 1.82) is 0 Å². The van der Waals surface area contributed by atoms with E-state index in [1.165, 1.54) is 0 Å². The van der Waals surface area contributed by atoms with Gasteiger partial charge in [0.15, 0.2) is 0 Å². The molecular formula is C12H19NO5. The van der Waals surface area contributed by atoms with Crippen LogP contribution in [-0.2, 0) is 19.1 Å². The Labute approximate surface area is 106 Å². The molecule has 2 N–H and O–H groups in total. The minimum absolute atomic E-state index is 0.0181. The third kappa shape index (κ3) is 4.35. The van der Waals surface area contributed by atoms with Crippen LogP contribution in [0.4, 0.5) is 0 Å². The van der Waals surface area contributed by atoms with E-state index in [2.05, 4.69) is 5.32 Å². The zero-order chi connectivity index (χ0) is 13.7. The third-order valence-electron chi connectivity index (χ3n) is 2.87. The Kier molecular flexibility index (Phi) is 5.12. The first-order valence-electron chi connectivity index (χ1n) is 6.14. The van der Waals surface area contributed by atoms with Gasteiger partial charge in [-0.05, 0) is 25.7 Å². The van der Waals surface area contributed by atoms with Crippen LogP contribution in [0.5, 0.6) is 0 Å². The second kappa shape index (κ2) is 6.37. The molecule has 6 nitrogen and oxygen atoms in total. The second-order valence-corrected chi connectivity index (χ2v) is 4.59. The highest BCUT2D eigenvalue weighted by atomic mass is 16.5. The largest absolute Gasteiger partial charge is 0.480 e. The summed E-state index contributed by atoms with van der Waals surface area (Å²) in [5.74, 6) is -2.36. The van der Waals surface area contributed by atoms with Crippen LogP contribution in [0.25, 0.3) is 0 Å². The molecule has 0 radical (unpaired) electrons. The quantitative estimate of drug-likeness (QED) is 0.650. The summed E-state index contributed by atoms with van der Waals surface area (Å²) >= 11 is 0. The van der Waals surface area contributed by atoms with Gasteiger partial charge in [-0.25, -0.2) is 4.79 Å². The molecule has 1 fully saturated rings. The summed E-state index contributed by atoms with van der Waals surface area (Å²) in [5.41, 5.74) is 0. The van der Waals surface area contributed by atoms with Crippen LogP contribution < -0.4 is 5.32 Å². The normalized spacial score (nSPS) is 17.7. The number of nitrogens with one attached hydrogen (secondary N) is 1. The van der Waals surface area contributed by atoms with Crippen molar-refractivity contribution in [3.8, 4) is 0 Å². The molecule has 6 heteroatoms. The molecule has 0 saturated heterocycles. The predicted octanol–water partition coefficient (Wildman–Crippen LogP) is 0.555. The molecule has 1 rings (SSSR count). The number of carbonyl (C=O) groups excluding carboxylic acids is 2. The average Bonchev–Trinajstić information content (AvgIpc) is 3.08. The van der Waals surface area contributed by atoms with Crippen LogP contribution >= 0.6 is 0 Å². The highest BCUT2D eigenvalue weighted by Crippen LogP contribution is 2.29. The Balaban J connectivity index is 2.51. The molecule has 2 atom stereocenters. The minimum atomic E-state index is -1.12. The molecule has 1 aliphatic carbocycles. The molecule has 1 saturated carbocycles. The fourth-order valence-electron chi connectivity index (χ4n) is 1.66. The first kappa shape index (κ1) is 14.5. The van der Waals surface area contributed by atoms with Gasteiger partial charge >= 0.3 is 11.9 Å². The Morgan fingerprint density at radius 3 is 2.44 bits per heavy atom. The van der Waals surface area contributed by atoms with Crippen LogP contribution in [0.1, 0.15) is 33.1 Å². The molecule has 0 aromatic carbocycles. The summed E-state index contributed by atoms with van der Waals surface area (Å²) in [4.78, 5) is 33.9. The fraction of sp³-hybridized carbons (Fsp3) is 0.750. The molecule has 0 aromatic rings. The maximum absolute atomic E-state index is 11.5. The number of rotatable bonds is 7. The molecule has 1 aliphatic rings. The van der Waals surface area contributed by atoms with Gasteiger partial charge in [-0.3, -0.25) is 9.59 Å². The molecular weight excluding hydrogens is 238 g/mol. The van der Waals surface area contributed by atoms with Crippen LogP contribution in [0, 0.1) is 11.8 Å².